The number of carbonyl (C=O) groups excluding carboxylic acids is 1. The SMILES string of the molecule is CC1(C)C(N)CC1NC(=O)Cc1ccc(C(F)(F)F)cc1. The highest BCUT2D eigenvalue weighted by molar-refractivity contribution is 5.79. The van der Waals surface area contributed by atoms with Gasteiger partial charge in [-0.3, -0.25) is 4.79 Å². The lowest BCUT2D eigenvalue weighted by Crippen LogP contribution is -2.64. The highest BCUT2D eigenvalue weighted by Gasteiger charge is 2.46. The Balaban J connectivity index is 1.92. The summed E-state index contributed by atoms with van der Waals surface area (Å²) in [5, 5.41) is 2.89. The third-order valence-electron chi connectivity index (χ3n) is 4.32. The zero-order chi connectivity index (χ0) is 15.8. The Bertz CT molecular complexity index is 523. The minimum atomic E-state index is -4.35. The Hall–Kier alpha value is -1.56. The van der Waals surface area contributed by atoms with Crippen LogP contribution in [0.3, 0.4) is 0 Å². The van der Waals surface area contributed by atoms with Crippen LogP contribution in [0.1, 0.15) is 31.4 Å². The number of rotatable bonds is 3. The quantitative estimate of drug-likeness (QED) is 0.901. The lowest BCUT2D eigenvalue weighted by atomic mass is 9.63. The van der Waals surface area contributed by atoms with Gasteiger partial charge in [0.1, 0.15) is 0 Å². The first-order chi connectivity index (χ1) is 9.60. The predicted molar refractivity (Wildman–Crippen MR) is 73.5 cm³/mol. The van der Waals surface area contributed by atoms with Crippen LogP contribution in [0.15, 0.2) is 24.3 Å². The molecule has 1 saturated carbocycles. The van der Waals surface area contributed by atoms with Crippen LogP contribution in [-0.2, 0) is 17.4 Å². The molecule has 21 heavy (non-hydrogen) atoms. The fraction of sp³-hybridized carbons (Fsp3) is 0.533. The van der Waals surface area contributed by atoms with E-state index in [0.717, 1.165) is 18.6 Å². The van der Waals surface area contributed by atoms with Crippen molar-refractivity contribution < 1.29 is 18.0 Å². The second kappa shape index (κ2) is 5.33. The van der Waals surface area contributed by atoms with Crippen molar-refractivity contribution >= 4 is 5.91 Å². The van der Waals surface area contributed by atoms with E-state index in [4.69, 9.17) is 5.73 Å². The van der Waals surface area contributed by atoms with Gasteiger partial charge in [-0.2, -0.15) is 13.2 Å². The fourth-order valence-corrected chi connectivity index (χ4v) is 2.45. The van der Waals surface area contributed by atoms with E-state index in [1.54, 1.807) is 0 Å². The van der Waals surface area contributed by atoms with Crippen LogP contribution >= 0.6 is 0 Å². The van der Waals surface area contributed by atoms with Crippen molar-refractivity contribution in [3.05, 3.63) is 35.4 Å². The normalized spacial score (nSPS) is 24.3. The van der Waals surface area contributed by atoms with Gasteiger partial charge in [-0.15, -0.1) is 0 Å². The number of hydrogen-bond donors (Lipinski definition) is 2. The molecular formula is C15H19F3N2O. The molecule has 1 fully saturated rings. The molecule has 0 heterocycles. The fourth-order valence-electron chi connectivity index (χ4n) is 2.45. The van der Waals surface area contributed by atoms with Crippen LogP contribution in [0, 0.1) is 5.41 Å². The average Bonchev–Trinajstić information content (AvgIpc) is 2.38. The van der Waals surface area contributed by atoms with Gasteiger partial charge in [0.25, 0.3) is 0 Å². The standard InChI is InChI=1S/C15H19F3N2O/c1-14(2)11(19)8-12(14)20-13(21)7-9-3-5-10(6-4-9)15(16,17)18/h3-6,11-12H,7-8,19H2,1-2H3,(H,20,21). The number of amides is 1. The van der Waals surface area contributed by atoms with Crippen molar-refractivity contribution in [1.29, 1.82) is 0 Å². The van der Waals surface area contributed by atoms with Crippen LogP contribution in [0.4, 0.5) is 13.2 Å². The Morgan fingerprint density at radius 2 is 1.90 bits per heavy atom. The summed E-state index contributed by atoms with van der Waals surface area (Å²) in [5.41, 5.74) is 5.58. The van der Waals surface area contributed by atoms with Gasteiger partial charge in [0.2, 0.25) is 5.91 Å². The van der Waals surface area contributed by atoms with Crippen molar-refractivity contribution in [2.24, 2.45) is 11.1 Å². The highest BCUT2D eigenvalue weighted by atomic mass is 19.4. The minimum Gasteiger partial charge on any atom is -0.352 e. The van der Waals surface area contributed by atoms with Gasteiger partial charge >= 0.3 is 6.18 Å². The molecule has 0 aliphatic heterocycles. The number of nitrogens with two attached hydrogens (primary N) is 1. The first kappa shape index (κ1) is 15.8. The number of nitrogens with one attached hydrogen (secondary N) is 1. The molecule has 2 rings (SSSR count). The topological polar surface area (TPSA) is 55.1 Å². The summed E-state index contributed by atoms with van der Waals surface area (Å²) in [6.45, 7) is 3.98. The van der Waals surface area contributed by atoms with Gasteiger partial charge in [0.05, 0.1) is 12.0 Å². The molecule has 3 N–H and O–H groups in total. The van der Waals surface area contributed by atoms with Gasteiger partial charge in [-0.05, 0) is 24.1 Å². The van der Waals surface area contributed by atoms with Crippen LogP contribution < -0.4 is 11.1 Å². The summed E-state index contributed by atoms with van der Waals surface area (Å²) >= 11 is 0. The molecule has 2 atom stereocenters. The Kier molecular flexibility index (Phi) is 4.02. The molecule has 1 aromatic carbocycles. The second-order valence-corrected chi connectivity index (χ2v) is 6.16. The first-order valence-electron chi connectivity index (χ1n) is 6.82. The summed E-state index contributed by atoms with van der Waals surface area (Å²) in [4.78, 5) is 11.9. The Morgan fingerprint density at radius 3 is 2.33 bits per heavy atom. The summed E-state index contributed by atoms with van der Waals surface area (Å²) in [6.07, 6.45) is -3.56. The van der Waals surface area contributed by atoms with Gasteiger partial charge in [-0.1, -0.05) is 26.0 Å². The number of halogens is 3. The molecule has 1 amide bonds. The highest BCUT2D eigenvalue weighted by Crippen LogP contribution is 2.39. The lowest BCUT2D eigenvalue weighted by molar-refractivity contribution is -0.137. The molecular weight excluding hydrogens is 281 g/mol. The van der Waals surface area contributed by atoms with Crippen LogP contribution in [0.2, 0.25) is 0 Å². The first-order valence-corrected chi connectivity index (χ1v) is 6.82. The minimum absolute atomic E-state index is 0.0226. The second-order valence-electron chi connectivity index (χ2n) is 6.16. The summed E-state index contributed by atoms with van der Waals surface area (Å²) in [6, 6.07) is 4.74. The predicted octanol–water partition coefficient (Wildman–Crippen LogP) is 2.49. The molecule has 0 radical (unpaired) electrons. The Labute approximate surface area is 121 Å². The summed E-state index contributed by atoms with van der Waals surface area (Å²) in [5.74, 6) is -0.195. The van der Waals surface area contributed by atoms with Gasteiger partial charge in [0.15, 0.2) is 0 Å². The number of hydrogen-bond acceptors (Lipinski definition) is 2. The molecule has 3 nitrogen and oxygen atoms in total. The van der Waals surface area contributed by atoms with Crippen molar-refractivity contribution in [2.75, 3.05) is 0 Å². The van der Waals surface area contributed by atoms with E-state index in [1.165, 1.54) is 12.1 Å². The van der Waals surface area contributed by atoms with Crippen molar-refractivity contribution in [2.45, 2.75) is 44.9 Å². The zero-order valence-corrected chi connectivity index (χ0v) is 12.0. The van der Waals surface area contributed by atoms with E-state index in [2.05, 4.69) is 5.32 Å². The maximum atomic E-state index is 12.4. The molecule has 6 heteroatoms. The lowest BCUT2D eigenvalue weighted by Gasteiger charge is -2.50. The number of carbonyl (C=O) groups is 1. The van der Waals surface area contributed by atoms with Gasteiger partial charge in [0, 0.05) is 17.5 Å². The van der Waals surface area contributed by atoms with E-state index in [0.29, 0.717) is 5.56 Å². The molecule has 0 bridgehead atoms. The third-order valence-corrected chi connectivity index (χ3v) is 4.32. The number of alkyl halides is 3. The Morgan fingerprint density at radius 1 is 1.33 bits per heavy atom. The van der Waals surface area contributed by atoms with Crippen molar-refractivity contribution in [1.82, 2.24) is 5.32 Å². The van der Waals surface area contributed by atoms with Crippen LogP contribution in [0.5, 0.6) is 0 Å². The molecule has 1 aromatic rings. The third kappa shape index (κ3) is 3.37. The van der Waals surface area contributed by atoms with E-state index in [1.807, 2.05) is 13.8 Å². The monoisotopic (exact) mass is 300 g/mol. The molecule has 2 unspecified atom stereocenters. The van der Waals surface area contributed by atoms with Crippen molar-refractivity contribution in [3.8, 4) is 0 Å². The van der Waals surface area contributed by atoms with E-state index in [-0.39, 0.29) is 29.8 Å². The average molecular weight is 300 g/mol. The molecule has 1 aliphatic rings. The van der Waals surface area contributed by atoms with E-state index in [9.17, 15) is 18.0 Å². The summed E-state index contributed by atoms with van der Waals surface area (Å²) < 4.78 is 37.3. The largest absolute Gasteiger partial charge is 0.416 e. The molecule has 0 saturated heterocycles. The van der Waals surface area contributed by atoms with Gasteiger partial charge in [-0.25, -0.2) is 0 Å². The molecule has 0 spiro atoms. The van der Waals surface area contributed by atoms with Crippen LogP contribution in [0.25, 0.3) is 0 Å². The van der Waals surface area contributed by atoms with E-state index >= 15 is 0 Å². The molecule has 0 aromatic heterocycles. The maximum Gasteiger partial charge on any atom is 0.416 e. The maximum absolute atomic E-state index is 12.4. The molecule has 1 aliphatic carbocycles. The van der Waals surface area contributed by atoms with E-state index < -0.39 is 11.7 Å². The smallest absolute Gasteiger partial charge is 0.352 e. The zero-order valence-electron chi connectivity index (χ0n) is 12.0. The van der Waals surface area contributed by atoms with Gasteiger partial charge < -0.3 is 11.1 Å². The number of benzene rings is 1. The van der Waals surface area contributed by atoms with Crippen LogP contribution in [-0.4, -0.2) is 18.0 Å². The van der Waals surface area contributed by atoms with Crippen molar-refractivity contribution in [3.63, 3.8) is 0 Å². The summed E-state index contributed by atoms with van der Waals surface area (Å²) in [7, 11) is 0. The molecule has 116 valence electrons.